The van der Waals surface area contributed by atoms with E-state index in [-0.39, 0.29) is 0 Å². The standard InChI is InChI=1S/C21H21NSi/c1-23(2,3)21-19-14-9-15-22(19)18-13-8-7-12-17(18)20(21)16-10-5-4-6-11-16/h4-15H,1-3H3. The van der Waals surface area contributed by atoms with Crippen LogP contribution in [0.5, 0.6) is 0 Å². The predicted octanol–water partition coefficient (Wildman–Crippen LogP) is 5.30. The average molecular weight is 315 g/mol. The zero-order valence-electron chi connectivity index (χ0n) is 13.9. The fourth-order valence-corrected chi connectivity index (χ4v) is 5.62. The van der Waals surface area contributed by atoms with E-state index >= 15 is 0 Å². The van der Waals surface area contributed by atoms with Gasteiger partial charge in [0.25, 0.3) is 0 Å². The smallest absolute Gasteiger partial charge is 0.0811 e. The van der Waals surface area contributed by atoms with Crippen molar-refractivity contribution in [2.24, 2.45) is 0 Å². The summed E-state index contributed by atoms with van der Waals surface area (Å²) in [4.78, 5) is 0. The molecular formula is C21H21NSi. The number of hydrogen-bond acceptors (Lipinski definition) is 0. The SMILES string of the molecule is C[Si](C)(C)c1c(-c2ccccc2)c2ccccc2n2cccc12. The maximum absolute atomic E-state index is 2.44. The molecule has 4 rings (SSSR count). The molecule has 0 aliphatic rings. The first-order valence-electron chi connectivity index (χ1n) is 8.15. The fourth-order valence-electron chi connectivity index (χ4n) is 3.62. The van der Waals surface area contributed by atoms with Crippen LogP contribution in [0.15, 0.2) is 72.9 Å². The van der Waals surface area contributed by atoms with Crippen LogP contribution in [0.3, 0.4) is 0 Å². The molecule has 114 valence electrons. The number of aromatic nitrogens is 1. The van der Waals surface area contributed by atoms with Gasteiger partial charge in [-0.05, 0) is 34.5 Å². The number of hydrogen-bond donors (Lipinski definition) is 0. The van der Waals surface area contributed by atoms with E-state index in [4.69, 9.17) is 0 Å². The molecule has 0 aliphatic heterocycles. The van der Waals surface area contributed by atoms with E-state index in [1.54, 1.807) is 5.19 Å². The van der Waals surface area contributed by atoms with Crippen LogP contribution in [0.1, 0.15) is 0 Å². The van der Waals surface area contributed by atoms with Crippen molar-refractivity contribution in [2.45, 2.75) is 19.6 Å². The van der Waals surface area contributed by atoms with Gasteiger partial charge in [0.05, 0.1) is 13.6 Å². The van der Waals surface area contributed by atoms with E-state index in [9.17, 15) is 0 Å². The molecular weight excluding hydrogens is 294 g/mol. The lowest BCUT2D eigenvalue weighted by molar-refractivity contribution is 1.28. The highest BCUT2D eigenvalue weighted by molar-refractivity contribution is 6.91. The third-order valence-electron chi connectivity index (χ3n) is 4.50. The molecule has 2 heteroatoms. The Hall–Kier alpha value is -2.32. The molecule has 4 aromatic rings. The third kappa shape index (κ3) is 2.22. The summed E-state index contributed by atoms with van der Waals surface area (Å²) in [5.74, 6) is 0. The zero-order valence-corrected chi connectivity index (χ0v) is 14.9. The minimum Gasteiger partial charge on any atom is -0.317 e. The largest absolute Gasteiger partial charge is 0.317 e. The highest BCUT2D eigenvalue weighted by Gasteiger charge is 2.26. The van der Waals surface area contributed by atoms with Crippen molar-refractivity contribution in [3.63, 3.8) is 0 Å². The van der Waals surface area contributed by atoms with Crippen molar-refractivity contribution in [2.75, 3.05) is 0 Å². The molecule has 0 bridgehead atoms. The van der Waals surface area contributed by atoms with Crippen molar-refractivity contribution >= 4 is 29.7 Å². The second-order valence-electron chi connectivity index (χ2n) is 7.15. The molecule has 2 heterocycles. The predicted molar refractivity (Wildman–Crippen MR) is 103 cm³/mol. The van der Waals surface area contributed by atoms with Crippen LogP contribution >= 0.6 is 0 Å². The van der Waals surface area contributed by atoms with Crippen molar-refractivity contribution in [1.82, 2.24) is 4.40 Å². The topological polar surface area (TPSA) is 4.41 Å². The van der Waals surface area contributed by atoms with Crippen LogP contribution in [0, 0.1) is 0 Å². The van der Waals surface area contributed by atoms with Gasteiger partial charge in [0.2, 0.25) is 0 Å². The molecule has 0 spiro atoms. The van der Waals surface area contributed by atoms with E-state index in [1.807, 2.05) is 0 Å². The van der Waals surface area contributed by atoms with E-state index < -0.39 is 8.07 Å². The second-order valence-corrected chi connectivity index (χ2v) is 12.1. The lowest BCUT2D eigenvalue weighted by Crippen LogP contribution is -2.40. The minimum atomic E-state index is -1.53. The Morgan fingerprint density at radius 3 is 2.09 bits per heavy atom. The molecule has 23 heavy (non-hydrogen) atoms. The highest BCUT2D eigenvalue weighted by atomic mass is 28.3. The molecule has 0 amide bonds. The Morgan fingerprint density at radius 1 is 0.696 bits per heavy atom. The highest BCUT2D eigenvalue weighted by Crippen LogP contribution is 2.31. The molecule has 0 aliphatic carbocycles. The van der Waals surface area contributed by atoms with Crippen LogP contribution < -0.4 is 5.19 Å². The van der Waals surface area contributed by atoms with Crippen molar-refractivity contribution in [3.05, 3.63) is 72.9 Å². The van der Waals surface area contributed by atoms with Gasteiger partial charge in [-0.3, -0.25) is 0 Å². The lowest BCUT2D eigenvalue weighted by atomic mass is 10.0. The molecule has 1 nitrogen and oxygen atoms in total. The molecule has 0 saturated carbocycles. The average Bonchev–Trinajstić information content (AvgIpc) is 3.02. The van der Waals surface area contributed by atoms with Gasteiger partial charge in [-0.15, -0.1) is 0 Å². The van der Waals surface area contributed by atoms with E-state index in [0.29, 0.717) is 0 Å². The Bertz CT molecular complexity index is 991. The van der Waals surface area contributed by atoms with Crippen LogP contribution in [-0.4, -0.2) is 12.5 Å². The maximum Gasteiger partial charge on any atom is 0.0811 e. The third-order valence-corrected chi connectivity index (χ3v) is 6.51. The lowest BCUT2D eigenvalue weighted by Gasteiger charge is -2.25. The summed E-state index contributed by atoms with van der Waals surface area (Å²) >= 11 is 0. The summed E-state index contributed by atoms with van der Waals surface area (Å²) in [6.45, 7) is 7.32. The first kappa shape index (κ1) is 14.3. The van der Waals surface area contributed by atoms with Crippen LogP contribution in [0.4, 0.5) is 0 Å². The van der Waals surface area contributed by atoms with E-state index in [2.05, 4.69) is 97.0 Å². The van der Waals surface area contributed by atoms with Gasteiger partial charge >= 0.3 is 0 Å². The number of para-hydroxylation sites is 1. The minimum absolute atomic E-state index is 1.29. The Morgan fingerprint density at radius 2 is 1.35 bits per heavy atom. The number of fused-ring (bicyclic) bond motifs is 3. The molecule has 0 radical (unpaired) electrons. The van der Waals surface area contributed by atoms with Gasteiger partial charge in [-0.2, -0.15) is 0 Å². The van der Waals surface area contributed by atoms with Gasteiger partial charge in [-0.25, -0.2) is 0 Å². The van der Waals surface area contributed by atoms with Gasteiger partial charge in [-0.1, -0.05) is 68.2 Å². The Kier molecular flexibility index (Phi) is 3.17. The Balaban J connectivity index is 2.29. The quantitative estimate of drug-likeness (QED) is 0.442. The molecule has 2 aromatic heterocycles. The first-order chi connectivity index (χ1) is 11.1. The Labute approximate surface area is 138 Å². The molecule has 0 saturated heterocycles. The normalized spacial score (nSPS) is 12.1. The zero-order chi connectivity index (χ0) is 16.0. The number of pyridine rings is 1. The monoisotopic (exact) mass is 315 g/mol. The van der Waals surface area contributed by atoms with Crippen LogP contribution in [0.2, 0.25) is 19.6 Å². The molecule has 0 unspecified atom stereocenters. The number of benzene rings is 2. The summed E-state index contributed by atoms with van der Waals surface area (Å²) in [5, 5.41) is 2.90. The van der Waals surface area contributed by atoms with Crippen molar-refractivity contribution in [3.8, 4) is 11.1 Å². The second kappa shape index (κ2) is 5.10. The van der Waals surface area contributed by atoms with E-state index in [1.165, 1.54) is 27.5 Å². The summed E-state index contributed by atoms with van der Waals surface area (Å²) in [6.07, 6.45) is 2.19. The number of nitrogens with zero attached hydrogens (tertiary/aromatic N) is 1. The van der Waals surface area contributed by atoms with Gasteiger partial charge in [0, 0.05) is 17.1 Å². The number of rotatable bonds is 2. The molecule has 0 atom stereocenters. The summed E-state index contributed by atoms with van der Waals surface area (Å²) in [6, 6.07) is 24.1. The molecule has 2 aromatic carbocycles. The molecule has 0 fully saturated rings. The summed E-state index contributed by atoms with van der Waals surface area (Å²) in [5.41, 5.74) is 5.39. The maximum atomic E-state index is 2.44. The van der Waals surface area contributed by atoms with Crippen LogP contribution in [-0.2, 0) is 0 Å². The van der Waals surface area contributed by atoms with E-state index in [0.717, 1.165) is 0 Å². The summed E-state index contributed by atoms with van der Waals surface area (Å²) in [7, 11) is -1.53. The van der Waals surface area contributed by atoms with Gasteiger partial charge in [0.1, 0.15) is 0 Å². The van der Waals surface area contributed by atoms with Crippen LogP contribution in [0.25, 0.3) is 27.5 Å². The summed E-state index contributed by atoms with van der Waals surface area (Å²) < 4.78 is 2.36. The van der Waals surface area contributed by atoms with Gasteiger partial charge < -0.3 is 4.40 Å². The van der Waals surface area contributed by atoms with Crippen molar-refractivity contribution < 1.29 is 0 Å². The molecule has 0 N–H and O–H groups in total. The van der Waals surface area contributed by atoms with Crippen molar-refractivity contribution in [1.29, 1.82) is 0 Å². The fraction of sp³-hybridized carbons (Fsp3) is 0.143. The van der Waals surface area contributed by atoms with Gasteiger partial charge in [0.15, 0.2) is 0 Å². The first-order valence-corrected chi connectivity index (χ1v) is 11.6.